The van der Waals surface area contributed by atoms with Crippen LogP contribution in [-0.4, -0.2) is 10.9 Å². The molecule has 0 aliphatic carbocycles. The largest absolute Gasteiger partial charge is 0.444 e. The van der Waals surface area contributed by atoms with Crippen molar-refractivity contribution < 1.29 is 19.2 Å². The first-order chi connectivity index (χ1) is 14.6. The Balaban J connectivity index is 1.79. The van der Waals surface area contributed by atoms with E-state index in [1.165, 1.54) is 18.2 Å². The Morgan fingerprint density at radius 3 is 2.37 bits per heavy atom. The van der Waals surface area contributed by atoms with Crippen molar-refractivity contribution in [3.63, 3.8) is 0 Å². The number of nitro benzene ring substituents is 1. The SMILES string of the molecule is O=C1OC(Oc2cccc([N+](=O)[O-])c2)(c2ccccc2)c2cccc3cccc1c23. The lowest BCUT2D eigenvalue weighted by molar-refractivity contribution is -0.385. The van der Waals surface area contributed by atoms with Crippen LogP contribution in [0.4, 0.5) is 5.69 Å². The average molecular weight is 397 g/mol. The summed E-state index contributed by atoms with van der Waals surface area (Å²) >= 11 is 0. The lowest BCUT2D eigenvalue weighted by Gasteiger charge is -2.38. The molecule has 6 heteroatoms. The summed E-state index contributed by atoms with van der Waals surface area (Å²) < 4.78 is 12.2. The number of carbonyl (C=O) groups excluding carboxylic acids is 1. The summed E-state index contributed by atoms with van der Waals surface area (Å²) in [5.74, 6) is -1.88. The molecule has 1 atom stereocenters. The van der Waals surface area contributed by atoms with E-state index in [1.807, 2.05) is 42.5 Å². The number of ether oxygens (including phenoxy) is 2. The molecule has 0 N–H and O–H groups in total. The molecule has 0 radical (unpaired) electrons. The number of benzene rings is 4. The van der Waals surface area contributed by atoms with Gasteiger partial charge in [0.2, 0.25) is 0 Å². The summed E-state index contributed by atoms with van der Waals surface area (Å²) in [7, 11) is 0. The molecule has 1 aliphatic heterocycles. The molecule has 30 heavy (non-hydrogen) atoms. The first kappa shape index (κ1) is 17.9. The number of rotatable bonds is 4. The summed E-state index contributed by atoms with van der Waals surface area (Å²) in [5, 5.41) is 12.8. The van der Waals surface area contributed by atoms with Crippen molar-refractivity contribution in [2.45, 2.75) is 5.79 Å². The van der Waals surface area contributed by atoms with Gasteiger partial charge in [0.05, 0.1) is 16.6 Å². The van der Waals surface area contributed by atoms with Crippen molar-refractivity contribution >= 4 is 22.4 Å². The van der Waals surface area contributed by atoms with Gasteiger partial charge in [-0.2, -0.15) is 0 Å². The number of cyclic esters (lactones) is 1. The number of non-ortho nitro benzene ring substituents is 1. The van der Waals surface area contributed by atoms with Crippen molar-refractivity contribution in [3.8, 4) is 5.75 Å². The fraction of sp³-hybridized carbons (Fsp3) is 0.0417. The predicted octanol–water partition coefficient (Wildman–Crippen LogP) is 5.20. The normalized spacial score (nSPS) is 17.4. The molecule has 0 saturated carbocycles. The van der Waals surface area contributed by atoms with Crippen LogP contribution in [0.15, 0.2) is 91.0 Å². The molecule has 0 aromatic heterocycles. The molecule has 4 aromatic rings. The number of nitro groups is 1. The molecule has 5 rings (SSSR count). The van der Waals surface area contributed by atoms with Crippen molar-refractivity contribution in [2.75, 3.05) is 0 Å². The molecule has 146 valence electrons. The van der Waals surface area contributed by atoms with Crippen LogP contribution in [0.3, 0.4) is 0 Å². The lowest BCUT2D eigenvalue weighted by atomic mass is 9.87. The van der Waals surface area contributed by atoms with Crippen LogP contribution in [-0.2, 0) is 10.5 Å². The molecule has 0 bridgehead atoms. The van der Waals surface area contributed by atoms with Gasteiger partial charge < -0.3 is 9.47 Å². The van der Waals surface area contributed by atoms with Crippen molar-refractivity contribution in [3.05, 3.63) is 118 Å². The molecule has 1 heterocycles. The van der Waals surface area contributed by atoms with Crippen LogP contribution in [0.2, 0.25) is 0 Å². The van der Waals surface area contributed by atoms with Gasteiger partial charge in [0, 0.05) is 22.6 Å². The highest BCUT2D eigenvalue weighted by Gasteiger charge is 2.47. The fourth-order valence-electron chi connectivity index (χ4n) is 3.86. The van der Waals surface area contributed by atoms with Gasteiger partial charge in [0.15, 0.2) is 0 Å². The third-order valence-electron chi connectivity index (χ3n) is 5.16. The van der Waals surface area contributed by atoms with E-state index in [1.54, 1.807) is 30.3 Å². The Kier molecular flexibility index (Phi) is 3.99. The number of carbonyl (C=O) groups is 1. The van der Waals surface area contributed by atoms with Crippen LogP contribution < -0.4 is 4.74 Å². The van der Waals surface area contributed by atoms with Gasteiger partial charge in [0.1, 0.15) is 5.75 Å². The standard InChI is InChI=1S/C24H15NO5/c26-23-20-13-4-7-16-8-5-14-21(22(16)20)24(30-23,17-9-2-1-3-10-17)29-19-12-6-11-18(15-19)25(27)28/h1-15H. The third-order valence-corrected chi connectivity index (χ3v) is 5.16. The van der Waals surface area contributed by atoms with Crippen molar-refractivity contribution in [1.29, 1.82) is 0 Å². The van der Waals surface area contributed by atoms with Gasteiger partial charge in [-0.15, -0.1) is 0 Å². The van der Waals surface area contributed by atoms with Crippen LogP contribution in [0, 0.1) is 10.1 Å². The smallest absolute Gasteiger partial charge is 0.342 e. The molecule has 4 aromatic carbocycles. The van der Waals surface area contributed by atoms with E-state index < -0.39 is 16.7 Å². The van der Waals surface area contributed by atoms with Crippen LogP contribution >= 0.6 is 0 Å². The highest BCUT2D eigenvalue weighted by atomic mass is 16.7. The Bertz CT molecular complexity index is 1300. The maximum Gasteiger partial charge on any atom is 0.342 e. The number of hydrogen-bond acceptors (Lipinski definition) is 5. The second-order valence-corrected chi connectivity index (χ2v) is 6.94. The Hall–Kier alpha value is -4.19. The van der Waals surface area contributed by atoms with Gasteiger partial charge in [-0.25, -0.2) is 4.79 Å². The van der Waals surface area contributed by atoms with E-state index in [4.69, 9.17) is 9.47 Å². The topological polar surface area (TPSA) is 78.7 Å². The van der Waals surface area contributed by atoms with Gasteiger partial charge in [-0.1, -0.05) is 66.7 Å². The van der Waals surface area contributed by atoms with Gasteiger partial charge >= 0.3 is 11.8 Å². The second kappa shape index (κ2) is 6.70. The second-order valence-electron chi connectivity index (χ2n) is 6.94. The summed E-state index contributed by atoms with van der Waals surface area (Å²) in [6, 6.07) is 26.0. The zero-order valence-electron chi connectivity index (χ0n) is 15.6. The quantitative estimate of drug-likeness (QED) is 0.269. The molecule has 0 saturated heterocycles. The fourth-order valence-corrected chi connectivity index (χ4v) is 3.86. The van der Waals surface area contributed by atoms with Crippen LogP contribution in [0.25, 0.3) is 10.8 Å². The molecular formula is C24H15NO5. The molecule has 6 nitrogen and oxygen atoms in total. The van der Waals surface area contributed by atoms with Gasteiger partial charge in [0.25, 0.3) is 5.69 Å². The first-order valence-corrected chi connectivity index (χ1v) is 9.33. The molecule has 1 unspecified atom stereocenters. The molecule has 0 fully saturated rings. The van der Waals surface area contributed by atoms with Crippen molar-refractivity contribution in [2.24, 2.45) is 0 Å². The van der Waals surface area contributed by atoms with Crippen LogP contribution in [0.5, 0.6) is 5.75 Å². The molecule has 1 aliphatic rings. The predicted molar refractivity (Wildman–Crippen MR) is 110 cm³/mol. The molecular weight excluding hydrogens is 382 g/mol. The maximum absolute atomic E-state index is 13.0. The maximum atomic E-state index is 13.0. The summed E-state index contributed by atoms with van der Waals surface area (Å²) in [4.78, 5) is 23.8. The zero-order chi connectivity index (χ0) is 20.7. The number of hydrogen-bond donors (Lipinski definition) is 0. The zero-order valence-corrected chi connectivity index (χ0v) is 15.6. The molecule has 0 spiro atoms. The summed E-state index contributed by atoms with van der Waals surface area (Å²) in [6.45, 7) is 0. The minimum absolute atomic E-state index is 0.114. The van der Waals surface area contributed by atoms with Crippen molar-refractivity contribution in [1.82, 2.24) is 0 Å². The Labute approximate surface area is 171 Å². The summed E-state index contributed by atoms with van der Waals surface area (Å²) in [5.41, 5.74) is 1.61. The van der Waals surface area contributed by atoms with E-state index in [-0.39, 0.29) is 11.4 Å². The molecule has 0 amide bonds. The Morgan fingerprint density at radius 2 is 1.60 bits per heavy atom. The lowest BCUT2D eigenvalue weighted by Crippen LogP contribution is -2.42. The van der Waals surface area contributed by atoms with Gasteiger partial charge in [-0.05, 0) is 17.5 Å². The first-order valence-electron chi connectivity index (χ1n) is 9.33. The average Bonchev–Trinajstić information content (AvgIpc) is 2.78. The minimum Gasteiger partial charge on any atom is -0.444 e. The monoisotopic (exact) mass is 397 g/mol. The van der Waals surface area contributed by atoms with E-state index in [9.17, 15) is 14.9 Å². The number of nitrogens with zero attached hydrogens (tertiary/aromatic N) is 1. The Morgan fingerprint density at radius 1 is 0.867 bits per heavy atom. The van der Waals surface area contributed by atoms with E-state index in [2.05, 4.69) is 0 Å². The number of esters is 1. The van der Waals surface area contributed by atoms with Gasteiger partial charge in [-0.3, -0.25) is 10.1 Å². The van der Waals surface area contributed by atoms with E-state index >= 15 is 0 Å². The highest BCUT2D eigenvalue weighted by Crippen LogP contribution is 2.45. The van der Waals surface area contributed by atoms with E-state index in [0.29, 0.717) is 16.7 Å². The summed E-state index contributed by atoms with van der Waals surface area (Å²) in [6.07, 6.45) is 0. The van der Waals surface area contributed by atoms with Crippen LogP contribution in [0.1, 0.15) is 21.5 Å². The van der Waals surface area contributed by atoms with E-state index in [0.717, 1.165) is 10.8 Å². The highest BCUT2D eigenvalue weighted by molar-refractivity contribution is 6.08. The third kappa shape index (κ3) is 2.69. The minimum atomic E-state index is -1.58.